The molecule has 2 aliphatic heterocycles. The maximum Gasteiger partial charge on any atom is 0.245 e. The molecular weight excluding hydrogens is 426 g/mol. The first kappa shape index (κ1) is 20.2. The highest BCUT2D eigenvalue weighted by Crippen LogP contribution is 2.40. The number of hydrogen-bond acceptors (Lipinski definition) is 6. The fourth-order valence-electron chi connectivity index (χ4n) is 4.27. The van der Waals surface area contributed by atoms with Crippen molar-refractivity contribution in [3.05, 3.63) is 60.5 Å². The summed E-state index contributed by atoms with van der Waals surface area (Å²) >= 11 is 0. The molecule has 1 spiro atoms. The average Bonchev–Trinajstić information content (AvgIpc) is 3.21. The molecule has 1 aromatic heterocycles. The predicted octanol–water partition coefficient (Wildman–Crippen LogP) is 2.73. The number of halogens is 2. The van der Waals surface area contributed by atoms with Gasteiger partial charge in [-0.25, -0.2) is 22.2 Å². The second-order valence-corrected chi connectivity index (χ2v) is 9.47. The normalized spacial score (nSPS) is 24.8. The van der Waals surface area contributed by atoms with E-state index in [9.17, 15) is 12.8 Å². The van der Waals surface area contributed by atoms with Crippen molar-refractivity contribution in [1.29, 1.82) is 0 Å². The van der Waals surface area contributed by atoms with E-state index in [1.807, 2.05) is 0 Å². The van der Waals surface area contributed by atoms with Gasteiger partial charge in [0.2, 0.25) is 10.0 Å². The van der Waals surface area contributed by atoms with Gasteiger partial charge in [-0.2, -0.15) is 4.31 Å². The van der Waals surface area contributed by atoms with Gasteiger partial charge in [-0.05, 0) is 24.3 Å². The van der Waals surface area contributed by atoms with Crippen LogP contribution in [0.25, 0.3) is 11.0 Å². The molecule has 0 saturated carbocycles. The van der Waals surface area contributed by atoms with E-state index in [1.54, 1.807) is 23.1 Å². The number of piperidine rings is 1. The maximum atomic E-state index is 15.6. The summed E-state index contributed by atoms with van der Waals surface area (Å²) in [5.74, 6) is -0.0212. The average molecular weight is 446 g/mol. The van der Waals surface area contributed by atoms with Gasteiger partial charge in [0.05, 0.1) is 35.3 Å². The van der Waals surface area contributed by atoms with E-state index in [-0.39, 0.29) is 31.0 Å². The minimum absolute atomic E-state index is 0.0900. The van der Waals surface area contributed by atoms with E-state index < -0.39 is 27.7 Å². The van der Waals surface area contributed by atoms with E-state index >= 15 is 4.39 Å². The molecule has 0 radical (unpaired) electrons. The lowest BCUT2D eigenvalue weighted by Gasteiger charge is -2.45. The van der Waals surface area contributed by atoms with Gasteiger partial charge in [0, 0.05) is 25.6 Å². The van der Waals surface area contributed by atoms with E-state index in [4.69, 9.17) is 4.74 Å². The molecule has 2 saturated heterocycles. The fourth-order valence-corrected chi connectivity index (χ4v) is 6.00. The summed E-state index contributed by atoms with van der Waals surface area (Å²) in [7, 11) is -3.92. The Morgan fingerprint density at radius 3 is 2.68 bits per heavy atom. The highest BCUT2D eigenvalue weighted by molar-refractivity contribution is 7.89. The minimum Gasteiger partial charge on any atom is -0.355 e. The molecule has 2 atom stereocenters. The predicted molar refractivity (Wildman–Crippen MR) is 110 cm³/mol. The monoisotopic (exact) mass is 446 g/mol. The molecule has 3 heterocycles. The number of alkyl halides is 1. The molecule has 0 unspecified atom stereocenters. The van der Waals surface area contributed by atoms with Crippen LogP contribution in [-0.2, 0) is 14.8 Å². The van der Waals surface area contributed by atoms with Gasteiger partial charge < -0.3 is 9.64 Å². The molecule has 0 bridgehead atoms. The number of benzene rings is 2. The van der Waals surface area contributed by atoms with Crippen LogP contribution in [0.2, 0.25) is 0 Å². The summed E-state index contributed by atoms with van der Waals surface area (Å²) in [5, 5.41) is 0. The number of nitrogens with zero attached hydrogens (tertiary/aromatic N) is 4. The van der Waals surface area contributed by atoms with Crippen molar-refractivity contribution in [3.63, 3.8) is 0 Å². The standard InChI is InChI=1S/C21H20F2N4O3S/c22-15-6-7-17-18(12-15)25-20(13-24-17)26-9-8-21(19(23)14-26)27(10-11-30-21)31(28,29)16-4-2-1-3-5-16/h1-7,12-13,19H,8-11,14H2/t19-,21-/m0/s1. The van der Waals surface area contributed by atoms with Crippen LogP contribution in [0, 0.1) is 5.82 Å². The molecule has 0 amide bonds. The third-order valence-corrected chi connectivity index (χ3v) is 7.77. The van der Waals surface area contributed by atoms with Crippen LogP contribution in [-0.4, -0.2) is 60.8 Å². The summed E-state index contributed by atoms with van der Waals surface area (Å²) in [4.78, 5) is 10.5. The van der Waals surface area contributed by atoms with Gasteiger partial charge in [0.1, 0.15) is 11.6 Å². The second kappa shape index (κ2) is 7.47. The van der Waals surface area contributed by atoms with E-state index in [1.165, 1.54) is 36.5 Å². The van der Waals surface area contributed by atoms with Crippen LogP contribution in [0.1, 0.15) is 6.42 Å². The van der Waals surface area contributed by atoms with Crippen LogP contribution >= 0.6 is 0 Å². The van der Waals surface area contributed by atoms with Crippen LogP contribution in [0.4, 0.5) is 14.6 Å². The highest BCUT2D eigenvalue weighted by atomic mass is 32.2. The molecule has 162 valence electrons. The zero-order valence-corrected chi connectivity index (χ0v) is 17.3. The summed E-state index contributed by atoms with van der Waals surface area (Å²) in [6, 6.07) is 12.1. The van der Waals surface area contributed by atoms with Crippen molar-refractivity contribution >= 4 is 26.9 Å². The molecule has 0 N–H and O–H groups in total. The summed E-state index contributed by atoms with van der Waals surface area (Å²) in [5.41, 5.74) is -0.644. The van der Waals surface area contributed by atoms with Gasteiger partial charge in [-0.1, -0.05) is 18.2 Å². The van der Waals surface area contributed by atoms with Gasteiger partial charge in [0.15, 0.2) is 11.9 Å². The van der Waals surface area contributed by atoms with Crippen LogP contribution < -0.4 is 4.90 Å². The van der Waals surface area contributed by atoms with E-state index in [2.05, 4.69) is 9.97 Å². The smallest absolute Gasteiger partial charge is 0.245 e. The molecular formula is C21H20F2N4O3S. The van der Waals surface area contributed by atoms with Crippen molar-refractivity contribution in [2.45, 2.75) is 23.2 Å². The Balaban J connectivity index is 1.42. The first-order chi connectivity index (χ1) is 14.9. The molecule has 10 heteroatoms. The Bertz CT molecular complexity index is 1230. The van der Waals surface area contributed by atoms with Gasteiger partial charge >= 0.3 is 0 Å². The molecule has 5 rings (SSSR count). The number of aromatic nitrogens is 2. The third kappa shape index (κ3) is 3.35. The highest BCUT2D eigenvalue weighted by Gasteiger charge is 2.56. The van der Waals surface area contributed by atoms with E-state index in [0.717, 1.165) is 4.31 Å². The number of hydrogen-bond donors (Lipinski definition) is 0. The molecule has 0 aliphatic carbocycles. The van der Waals surface area contributed by atoms with Crippen molar-refractivity contribution in [2.75, 3.05) is 31.1 Å². The Hall–Kier alpha value is -2.69. The lowest BCUT2D eigenvalue weighted by Crippen LogP contribution is -2.62. The zero-order valence-electron chi connectivity index (χ0n) is 16.5. The molecule has 2 aliphatic rings. The Morgan fingerprint density at radius 2 is 1.90 bits per heavy atom. The molecule has 31 heavy (non-hydrogen) atoms. The Kier molecular flexibility index (Phi) is 4.87. The van der Waals surface area contributed by atoms with Gasteiger partial charge in [-0.15, -0.1) is 0 Å². The fraction of sp³-hybridized carbons (Fsp3) is 0.333. The topological polar surface area (TPSA) is 75.6 Å². The largest absolute Gasteiger partial charge is 0.355 e. The van der Waals surface area contributed by atoms with Crippen LogP contribution in [0.3, 0.4) is 0 Å². The second-order valence-electron chi connectivity index (χ2n) is 7.61. The van der Waals surface area contributed by atoms with Crippen molar-refractivity contribution < 1.29 is 21.9 Å². The SMILES string of the molecule is O=S(=O)(c1ccccc1)N1CCO[C@]12CCN(c1cnc3ccc(F)cc3n1)C[C@@H]2F. The minimum atomic E-state index is -3.92. The summed E-state index contributed by atoms with van der Waals surface area (Å²) in [6.45, 7) is 0.418. The Morgan fingerprint density at radius 1 is 1.10 bits per heavy atom. The van der Waals surface area contributed by atoms with Crippen molar-refractivity contribution in [2.24, 2.45) is 0 Å². The number of fused-ring (bicyclic) bond motifs is 1. The lowest BCUT2D eigenvalue weighted by atomic mass is 9.98. The summed E-state index contributed by atoms with van der Waals surface area (Å²) in [6.07, 6.45) is 0.0365. The number of anilines is 1. The number of ether oxygens (including phenoxy) is 1. The molecule has 2 fully saturated rings. The maximum absolute atomic E-state index is 15.6. The summed E-state index contributed by atoms with van der Waals surface area (Å²) < 4.78 is 62.4. The van der Waals surface area contributed by atoms with Gasteiger partial charge in [0.25, 0.3) is 0 Å². The van der Waals surface area contributed by atoms with Crippen molar-refractivity contribution in [1.82, 2.24) is 14.3 Å². The molecule has 7 nitrogen and oxygen atoms in total. The van der Waals surface area contributed by atoms with Gasteiger partial charge in [-0.3, -0.25) is 4.98 Å². The van der Waals surface area contributed by atoms with Crippen LogP contribution in [0.15, 0.2) is 59.6 Å². The quantitative estimate of drug-likeness (QED) is 0.616. The molecule has 3 aromatic rings. The van der Waals surface area contributed by atoms with Crippen molar-refractivity contribution in [3.8, 4) is 0 Å². The zero-order chi connectivity index (χ0) is 21.6. The number of sulfonamides is 1. The third-order valence-electron chi connectivity index (χ3n) is 5.83. The number of rotatable bonds is 3. The first-order valence-corrected chi connectivity index (χ1v) is 11.4. The van der Waals surface area contributed by atoms with E-state index in [0.29, 0.717) is 23.4 Å². The first-order valence-electron chi connectivity index (χ1n) is 9.93. The molecule has 2 aromatic carbocycles. The lowest BCUT2D eigenvalue weighted by molar-refractivity contribution is -0.116. The Labute approximate surface area is 178 Å². The van der Waals surface area contributed by atoms with Crippen LogP contribution in [0.5, 0.6) is 0 Å².